The third-order valence-electron chi connectivity index (χ3n) is 4.33. The van der Waals surface area contributed by atoms with Crippen LogP contribution in [-0.2, 0) is 9.53 Å². The van der Waals surface area contributed by atoms with Gasteiger partial charge in [0, 0.05) is 6.04 Å². The van der Waals surface area contributed by atoms with E-state index in [0.29, 0.717) is 22.9 Å². The van der Waals surface area contributed by atoms with Gasteiger partial charge in [-0.15, -0.1) is 0 Å². The molecule has 1 aromatic heterocycles. The van der Waals surface area contributed by atoms with E-state index in [2.05, 4.69) is 14.8 Å². The van der Waals surface area contributed by atoms with Crippen LogP contribution in [0.2, 0.25) is 0 Å². The summed E-state index contributed by atoms with van der Waals surface area (Å²) in [6.07, 6.45) is 0. The number of nitrogens with one attached hydrogen (secondary N) is 1. The highest BCUT2D eigenvalue weighted by Gasteiger charge is 2.31. The Kier molecular flexibility index (Phi) is 5.83. The monoisotopic (exact) mass is 405 g/mol. The van der Waals surface area contributed by atoms with Gasteiger partial charge in [-0.1, -0.05) is 17.8 Å². The van der Waals surface area contributed by atoms with Crippen LogP contribution in [0, 0.1) is 0 Å². The van der Waals surface area contributed by atoms with Crippen LogP contribution in [0.25, 0.3) is 0 Å². The van der Waals surface area contributed by atoms with Crippen molar-refractivity contribution < 1.29 is 19.0 Å². The van der Waals surface area contributed by atoms with Crippen LogP contribution in [0.4, 0.5) is 5.82 Å². The summed E-state index contributed by atoms with van der Waals surface area (Å²) in [5.74, 6) is 1.08. The zero-order valence-corrected chi connectivity index (χ0v) is 17.3. The van der Waals surface area contributed by atoms with Crippen molar-refractivity contribution in [1.29, 1.82) is 0 Å². The molecule has 150 valence electrons. The van der Waals surface area contributed by atoms with E-state index in [0.717, 1.165) is 10.6 Å². The molecule has 0 spiro atoms. The maximum Gasteiger partial charge on any atom is 0.343 e. The molecular weight excluding hydrogens is 382 g/mol. The number of carbonyl (C=O) groups excluding carboxylic acids is 1. The van der Waals surface area contributed by atoms with E-state index in [1.807, 2.05) is 32.9 Å². The molecule has 28 heavy (non-hydrogen) atoms. The minimum Gasteiger partial charge on any atom is -0.493 e. The maximum atomic E-state index is 12.6. The van der Waals surface area contributed by atoms with Gasteiger partial charge in [-0.05, 0) is 38.5 Å². The molecule has 0 fully saturated rings. The molecule has 0 saturated carbocycles. The van der Waals surface area contributed by atoms with Gasteiger partial charge in [-0.3, -0.25) is 14.6 Å². The van der Waals surface area contributed by atoms with E-state index < -0.39 is 5.97 Å². The number of hydrogen-bond donors (Lipinski definition) is 1. The molecule has 8 nitrogen and oxygen atoms in total. The summed E-state index contributed by atoms with van der Waals surface area (Å²) in [7, 11) is 2.83. The third-order valence-corrected chi connectivity index (χ3v) is 5.51. The van der Waals surface area contributed by atoms with Gasteiger partial charge in [0.15, 0.2) is 23.9 Å². The SMILES string of the molecule is COC(=O)COc1ccc([C@H]2SC(C)=Nc3c2c(=O)[nH]n3C(C)C)cc1OC. The molecular formula is C19H23N3O5S. The average Bonchev–Trinajstić information content (AvgIpc) is 3.01. The molecule has 2 aromatic rings. The van der Waals surface area contributed by atoms with E-state index in [1.165, 1.54) is 26.0 Å². The minimum absolute atomic E-state index is 0.0837. The Balaban J connectivity index is 2.00. The standard InChI is InChI=1S/C19H23N3O5S/c1-10(2)22-18-16(19(24)21-22)17(28-11(3)20-18)12-6-7-13(14(8-12)25-4)27-9-15(23)26-5/h6-8,10,17H,9H2,1-5H3,(H,21,24)/t17-/m1/s1. The van der Waals surface area contributed by atoms with Crippen molar-refractivity contribution in [3.8, 4) is 11.5 Å². The van der Waals surface area contributed by atoms with Gasteiger partial charge < -0.3 is 14.2 Å². The number of benzene rings is 1. The second-order valence-electron chi connectivity index (χ2n) is 6.55. The van der Waals surface area contributed by atoms with E-state index >= 15 is 0 Å². The van der Waals surface area contributed by atoms with Crippen molar-refractivity contribution in [3.05, 3.63) is 39.7 Å². The summed E-state index contributed by atoms with van der Waals surface area (Å²) in [6.45, 7) is 5.70. The number of nitrogens with zero attached hydrogens (tertiary/aromatic N) is 2. The summed E-state index contributed by atoms with van der Waals surface area (Å²) in [5.41, 5.74) is 1.35. The van der Waals surface area contributed by atoms with Gasteiger partial charge in [0.05, 0.1) is 30.1 Å². The fourth-order valence-corrected chi connectivity index (χ4v) is 4.07. The summed E-state index contributed by atoms with van der Waals surface area (Å²) in [5, 5.41) is 3.54. The third kappa shape index (κ3) is 3.80. The van der Waals surface area contributed by atoms with E-state index in [4.69, 9.17) is 9.47 Å². The molecule has 0 bridgehead atoms. The average molecular weight is 405 g/mol. The number of fused-ring (bicyclic) bond motifs is 1. The van der Waals surface area contributed by atoms with Crippen molar-refractivity contribution in [2.45, 2.75) is 32.1 Å². The number of methoxy groups -OCH3 is 2. The first kappa shape index (κ1) is 20.1. The molecule has 2 heterocycles. The highest BCUT2D eigenvalue weighted by atomic mass is 32.2. The molecule has 1 N–H and O–H groups in total. The second kappa shape index (κ2) is 8.14. The Labute approximate surface area is 166 Å². The van der Waals surface area contributed by atoms with Crippen LogP contribution in [0.1, 0.15) is 43.2 Å². The first-order valence-corrected chi connectivity index (χ1v) is 9.67. The molecule has 0 radical (unpaired) electrons. The van der Waals surface area contributed by atoms with Crippen LogP contribution in [0.15, 0.2) is 28.0 Å². The lowest BCUT2D eigenvalue weighted by atomic mass is 10.1. The minimum atomic E-state index is -0.480. The van der Waals surface area contributed by atoms with Gasteiger partial charge in [0.2, 0.25) is 0 Å². The highest BCUT2D eigenvalue weighted by Crippen LogP contribution is 2.45. The number of hydrogen-bond acceptors (Lipinski definition) is 7. The van der Waals surface area contributed by atoms with Gasteiger partial charge in [-0.25, -0.2) is 9.79 Å². The predicted molar refractivity (Wildman–Crippen MR) is 108 cm³/mol. The molecule has 1 aromatic carbocycles. The van der Waals surface area contributed by atoms with Gasteiger partial charge in [-0.2, -0.15) is 0 Å². The van der Waals surface area contributed by atoms with Gasteiger partial charge >= 0.3 is 5.97 Å². The van der Waals surface area contributed by atoms with Crippen molar-refractivity contribution >= 4 is 28.6 Å². The number of aliphatic imine (C=N–C) groups is 1. The Hall–Kier alpha value is -2.68. The van der Waals surface area contributed by atoms with Crippen LogP contribution < -0.4 is 15.0 Å². The molecule has 0 amide bonds. The van der Waals surface area contributed by atoms with Gasteiger partial charge in [0.25, 0.3) is 5.56 Å². The quantitative estimate of drug-likeness (QED) is 0.742. The molecule has 1 aliphatic rings. The zero-order chi connectivity index (χ0) is 20.4. The van der Waals surface area contributed by atoms with Crippen molar-refractivity contribution in [1.82, 2.24) is 9.78 Å². The molecule has 3 rings (SSSR count). The van der Waals surface area contributed by atoms with Crippen LogP contribution >= 0.6 is 11.8 Å². The fraction of sp³-hybridized carbons (Fsp3) is 0.421. The van der Waals surface area contributed by atoms with Crippen LogP contribution in [0.5, 0.6) is 11.5 Å². The lowest BCUT2D eigenvalue weighted by Gasteiger charge is -2.22. The first-order valence-electron chi connectivity index (χ1n) is 8.79. The largest absolute Gasteiger partial charge is 0.493 e. The summed E-state index contributed by atoms with van der Waals surface area (Å²) >= 11 is 1.51. The topological polar surface area (TPSA) is 94.9 Å². The molecule has 0 aliphatic carbocycles. The van der Waals surface area contributed by atoms with Gasteiger partial charge in [0.1, 0.15) is 0 Å². The fourth-order valence-electron chi connectivity index (χ4n) is 2.98. The highest BCUT2D eigenvalue weighted by molar-refractivity contribution is 8.14. The Morgan fingerprint density at radius 1 is 1.32 bits per heavy atom. The van der Waals surface area contributed by atoms with Crippen molar-refractivity contribution in [2.75, 3.05) is 20.8 Å². The number of aromatic nitrogens is 2. The summed E-state index contributed by atoms with van der Waals surface area (Å²) in [6, 6.07) is 5.49. The lowest BCUT2D eigenvalue weighted by Crippen LogP contribution is -2.14. The number of ether oxygens (including phenoxy) is 3. The normalized spacial score (nSPS) is 15.8. The number of rotatable bonds is 6. The maximum absolute atomic E-state index is 12.6. The summed E-state index contributed by atoms with van der Waals surface area (Å²) in [4.78, 5) is 28.6. The second-order valence-corrected chi connectivity index (χ2v) is 7.84. The first-order chi connectivity index (χ1) is 13.3. The molecule has 0 saturated heterocycles. The number of H-pyrrole nitrogens is 1. The van der Waals surface area contributed by atoms with Crippen molar-refractivity contribution in [3.63, 3.8) is 0 Å². The molecule has 1 aliphatic heterocycles. The summed E-state index contributed by atoms with van der Waals surface area (Å²) < 4.78 is 17.3. The van der Waals surface area contributed by atoms with Crippen molar-refractivity contribution in [2.24, 2.45) is 4.99 Å². The van der Waals surface area contributed by atoms with E-state index in [-0.39, 0.29) is 23.5 Å². The molecule has 9 heteroatoms. The van der Waals surface area contributed by atoms with Crippen LogP contribution in [0.3, 0.4) is 0 Å². The van der Waals surface area contributed by atoms with Crippen LogP contribution in [-0.4, -0.2) is 41.6 Å². The number of esters is 1. The number of aromatic amines is 1. The Morgan fingerprint density at radius 2 is 2.07 bits per heavy atom. The molecule has 1 atom stereocenters. The lowest BCUT2D eigenvalue weighted by molar-refractivity contribution is -0.142. The zero-order valence-electron chi connectivity index (χ0n) is 16.4. The Morgan fingerprint density at radius 3 is 2.71 bits per heavy atom. The van der Waals surface area contributed by atoms with E-state index in [9.17, 15) is 9.59 Å². The number of thioether (sulfide) groups is 1. The number of carbonyl (C=O) groups is 1. The predicted octanol–water partition coefficient (Wildman–Crippen LogP) is 3.20. The Bertz CT molecular complexity index is 976. The molecule has 0 unspecified atom stereocenters. The smallest absolute Gasteiger partial charge is 0.343 e. The van der Waals surface area contributed by atoms with E-state index in [1.54, 1.807) is 10.7 Å².